The van der Waals surface area contributed by atoms with Crippen molar-refractivity contribution in [2.45, 2.75) is 19.9 Å². The van der Waals surface area contributed by atoms with Crippen molar-refractivity contribution in [3.05, 3.63) is 64.1 Å². The Morgan fingerprint density at radius 2 is 1.70 bits per heavy atom. The smallest absolute Gasteiger partial charge is 0.119 e. The van der Waals surface area contributed by atoms with E-state index in [-0.39, 0.29) is 0 Å². The van der Waals surface area contributed by atoms with E-state index in [2.05, 4.69) is 59.4 Å². The van der Waals surface area contributed by atoms with Crippen LogP contribution in [0, 0.1) is 6.92 Å². The van der Waals surface area contributed by atoms with Gasteiger partial charge in [-0.2, -0.15) is 0 Å². The summed E-state index contributed by atoms with van der Waals surface area (Å²) in [6.07, 6.45) is 0. The summed E-state index contributed by atoms with van der Waals surface area (Å²) in [5.74, 6) is 0.901. The van der Waals surface area contributed by atoms with Crippen molar-refractivity contribution in [1.82, 2.24) is 5.32 Å². The molecule has 0 spiro atoms. The van der Waals surface area contributed by atoms with Crippen molar-refractivity contribution in [1.29, 1.82) is 0 Å². The Hall–Kier alpha value is -1.32. The maximum atomic E-state index is 5.68. The third kappa shape index (κ3) is 4.66. The lowest BCUT2D eigenvalue weighted by Gasteiger charge is -2.15. The Morgan fingerprint density at radius 1 is 1.05 bits per heavy atom. The van der Waals surface area contributed by atoms with E-state index in [1.165, 1.54) is 11.1 Å². The molecule has 0 fully saturated rings. The summed E-state index contributed by atoms with van der Waals surface area (Å²) in [4.78, 5) is 0. The number of halogens is 1. The predicted molar refractivity (Wildman–Crippen MR) is 87.2 cm³/mol. The summed E-state index contributed by atoms with van der Waals surface area (Å²) in [6.45, 7) is 5.77. The van der Waals surface area contributed by atoms with E-state index in [9.17, 15) is 0 Å². The second kappa shape index (κ2) is 7.46. The fraction of sp³-hybridized carbons (Fsp3) is 0.294. The first-order valence-corrected chi connectivity index (χ1v) is 7.63. The Bertz CT molecular complexity index is 522. The minimum absolute atomic E-state index is 0.337. The van der Waals surface area contributed by atoms with Crippen molar-refractivity contribution in [2.24, 2.45) is 0 Å². The molecule has 1 atom stereocenters. The van der Waals surface area contributed by atoms with Gasteiger partial charge in [0, 0.05) is 17.1 Å². The summed E-state index contributed by atoms with van der Waals surface area (Å²) in [6, 6.07) is 16.9. The zero-order chi connectivity index (χ0) is 14.4. The molecule has 0 aliphatic heterocycles. The zero-order valence-electron chi connectivity index (χ0n) is 11.9. The lowest BCUT2D eigenvalue weighted by molar-refractivity contribution is 0.307. The summed E-state index contributed by atoms with van der Waals surface area (Å²) in [5, 5.41) is 3.47. The molecule has 0 saturated heterocycles. The van der Waals surface area contributed by atoms with Gasteiger partial charge in [-0.1, -0.05) is 45.8 Å². The Kier molecular flexibility index (Phi) is 5.62. The molecule has 0 heterocycles. The highest BCUT2D eigenvalue weighted by molar-refractivity contribution is 9.10. The molecule has 3 heteroatoms. The SMILES string of the molecule is Cc1ccc([C@H](C)NCCOc2ccc(Br)cc2)cc1. The number of nitrogens with one attached hydrogen (secondary N) is 1. The Morgan fingerprint density at radius 3 is 2.35 bits per heavy atom. The fourth-order valence-corrected chi connectivity index (χ4v) is 2.21. The van der Waals surface area contributed by atoms with Crippen LogP contribution in [0.5, 0.6) is 5.75 Å². The summed E-state index contributed by atoms with van der Waals surface area (Å²) >= 11 is 3.41. The Balaban J connectivity index is 1.72. The monoisotopic (exact) mass is 333 g/mol. The number of hydrogen-bond acceptors (Lipinski definition) is 2. The van der Waals surface area contributed by atoms with Gasteiger partial charge < -0.3 is 10.1 Å². The number of aryl methyl sites for hydroxylation is 1. The number of rotatable bonds is 6. The predicted octanol–water partition coefficient (Wildman–Crippen LogP) is 4.49. The van der Waals surface area contributed by atoms with Crippen molar-refractivity contribution >= 4 is 15.9 Å². The highest BCUT2D eigenvalue weighted by Crippen LogP contribution is 2.16. The normalized spacial score (nSPS) is 12.2. The molecule has 0 saturated carbocycles. The van der Waals surface area contributed by atoms with Crippen LogP contribution in [0.3, 0.4) is 0 Å². The van der Waals surface area contributed by atoms with Gasteiger partial charge in [0.1, 0.15) is 12.4 Å². The zero-order valence-corrected chi connectivity index (χ0v) is 13.5. The number of hydrogen-bond donors (Lipinski definition) is 1. The van der Waals surface area contributed by atoms with Crippen LogP contribution in [0.2, 0.25) is 0 Å². The first-order chi connectivity index (χ1) is 9.65. The molecule has 20 heavy (non-hydrogen) atoms. The average molecular weight is 334 g/mol. The summed E-state index contributed by atoms with van der Waals surface area (Å²) in [5.41, 5.74) is 2.60. The maximum Gasteiger partial charge on any atom is 0.119 e. The minimum atomic E-state index is 0.337. The molecule has 2 aromatic rings. The number of ether oxygens (including phenoxy) is 1. The summed E-state index contributed by atoms with van der Waals surface area (Å²) < 4.78 is 6.75. The van der Waals surface area contributed by atoms with Crippen LogP contribution in [0.15, 0.2) is 53.0 Å². The van der Waals surface area contributed by atoms with Crippen molar-refractivity contribution in [3.63, 3.8) is 0 Å². The van der Waals surface area contributed by atoms with Crippen molar-refractivity contribution in [3.8, 4) is 5.75 Å². The second-order valence-electron chi connectivity index (χ2n) is 4.89. The lowest BCUT2D eigenvalue weighted by atomic mass is 10.1. The van der Waals surface area contributed by atoms with Gasteiger partial charge in [-0.3, -0.25) is 0 Å². The van der Waals surface area contributed by atoms with E-state index < -0.39 is 0 Å². The third-order valence-electron chi connectivity index (χ3n) is 3.21. The van der Waals surface area contributed by atoms with Crippen LogP contribution in [0.25, 0.3) is 0 Å². The van der Waals surface area contributed by atoms with Gasteiger partial charge in [0.15, 0.2) is 0 Å². The maximum absolute atomic E-state index is 5.68. The molecular weight excluding hydrogens is 314 g/mol. The molecule has 0 amide bonds. The largest absolute Gasteiger partial charge is 0.492 e. The van der Waals surface area contributed by atoms with E-state index in [0.717, 1.165) is 16.8 Å². The van der Waals surface area contributed by atoms with Gasteiger partial charge in [-0.15, -0.1) is 0 Å². The van der Waals surface area contributed by atoms with Gasteiger partial charge in [0.25, 0.3) is 0 Å². The number of benzene rings is 2. The van der Waals surface area contributed by atoms with E-state index in [1.807, 2.05) is 24.3 Å². The quantitative estimate of drug-likeness (QED) is 0.786. The molecule has 2 rings (SSSR count). The molecule has 0 unspecified atom stereocenters. The molecule has 2 nitrogen and oxygen atoms in total. The van der Waals surface area contributed by atoms with E-state index in [4.69, 9.17) is 4.74 Å². The van der Waals surface area contributed by atoms with Crippen LogP contribution in [0.4, 0.5) is 0 Å². The van der Waals surface area contributed by atoms with Crippen LogP contribution < -0.4 is 10.1 Å². The molecule has 0 aliphatic rings. The van der Waals surface area contributed by atoms with Crippen LogP contribution in [0.1, 0.15) is 24.1 Å². The molecule has 2 aromatic carbocycles. The van der Waals surface area contributed by atoms with Gasteiger partial charge in [-0.05, 0) is 43.7 Å². The minimum Gasteiger partial charge on any atom is -0.492 e. The van der Waals surface area contributed by atoms with Crippen LogP contribution in [-0.2, 0) is 0 Å². The molecule has 1 N–H and O–H groups in total. The topological polar surface area (TPSA) is 21.3 Å². The van der Waals surface area contributed by atoms with E-state index >= 15 is 0 Å². The standard InChI is InChI=1S/C17H20BrNO/c1-13-3-5-15(6-4-13)14(2)19-11-12-20-17-9-7-16(18)8-10-17/h3-10,14,19H,11-12H2,1-2H3/t14-/m0/s1. The first-order valence-electron chi connectivity index (χ1n) is 6.83. The molecular formula is C17H20BrNO. The van der Waals surface area contributed by atoms with Crippen molar-refractivity contribution in [2.75, 3.05) is 13.2 Å². The first kappa shape index (κ1) is 15.1. The van der Waals surface area contributed by atoms with Gasteiger partial charge in [-0.25, -0.2) is 0 Å². The molecule has 106 valence electrons. The van der Waals surface area contributed by atoms with Crippen LogP contribution >= 0.6 is 15.9 Å². The molecule has 0 bridgehead atoms. The van der Waals surface area contributed by atoms with Gasteiger partial charge in [0.05, 0.1) is 0 Å². The van der Waals surface area contributed by atoms with Gasteiger partial charge >= 0.3 is 0 Å². The highest BCUT2D eigenvalue weighted by atomic mass is 79.9. The summed E-state index contributed by atoms with van der Waals surface area (Å²) in [7, 11) is 0. The van der Waals surface area contributed by atoms with Gasteiger partial charge in [0.2, 0.25) is 0 Å². The fourth-order valence-electron chi connectivity index (χ4n) is 1.95. The molecule has 0 radical (unpaired) electrons. The van der Waals surface area contributed by atoms with E-state index in [1.54, 1.807) is 0 Å². The Labute approximate surface area is 129 Å². The van der Waals surface area contributed by atoms with E-state index in [0.29, 0.717) is 12.6 Å². The molecule has 0 aliphatic carbocycles. The van der Waals surface area contributed by atoms with Crippen molar-refractivity contribution < 1.29 is 4.74 Å². The highest BCUT2D eigenvalue weighted by Gasteiger charge is 2.03. The van der Waals surface area contributed by atoms with Crippen LogP contribution in [-0.4, -0.2) is 13.2 Å². The lowest BCUT2D eigenvalue weighted by Crippen LogP contribution is -2.24. The second-order valence-corrected chi connectivity index (χ2v) is 5.80. The molecule has 0 aromatic heterocycles. The third-order valence-corrected chi connectivity index (χ3v) is 3.74. The average Bonchev–Trinajstić information content (AvgIpc) is 2.46.